The SMILES string of the molecule is O=[PH](OCCCNCc1cc(-c2ccco2)c(CCCCCCc2ccc(F)cc2)cc1F)OCCCNCc1cc(-c2ccco2)c(CCCCCCc2ccc(F)cc2)cc1F. The van der Waals surface area contributed by atoms with Crippen molar-refractivity contribution in [3.63, 3.8) is 0 Å². The Hall–Kier alpha value is -4.77. The van der Waals surface area contributed by atoms with Crippen LogP contribution in [0.15, 0.2) is 118 Å². The van der Waals surface area contributed by atoms with Crippen LogP contribution in [0, 0.1) is 23.3 Å². The molecule has 2 aromatic heterocycles. The lowest BCUT2D eigenvalue weighted by molar-refractivity contribution is 0.220. The minimum atomic E-state index is -2.68. The lowest BCUT2D eigenvalue weighted by Gasteiger charge is -2.13. The maximum absolute atomic E-state index is 15.3. The average molecular weight is 901 g/mol. The van der Waals surface area contributed by atoms with Crippen LogP contribution in [0.3, 0.4) is 0 Å². The largest absolute Gasteiger partial charge is 0.464 e. The van der Waals surface area contributed by atoms with E-state index in [1.807, 2.05) is 60.7 Å². The molecule has 64 heavy (non-hydrogen) atoms. The van der Waals surface area contributed by atoms with Crippen LogP contribution in [0.1, 0.15) is 97.6 Å². The molecule has 0 amide bonds. The van der Waals surface area contributed by atoms with Gasteiger partial charge in [-0.25, -0.2) is 17.6 Å². The molecule has 0 unspecified atom stereocenters. The van der Waals surface area contributed by atoms with Gasteiger partial charge in [-0.3, -0.25) is 4.57 Å². The molecule has 0 radical (unpaired) electrons. The third-order valence-corrected chi connectivity index (χ3v) is 12.2. The van der Waals surface area contributed by atoms with Gasteiger partial charge in [0.05, 0.1) is 25.7 Å². The van der Waals surface area contributed by atoms with Crippen LogP contribution in [-0.2, 0) is 52.4 Å². The van der Waals surface area contributed by atoms with E-state index < -0.39 is 8.25 Å². The molecule has 12 heteroatoms. The van der Waals surface area contributed by atoms with Crippen LogP contribution in [0.5, 0.6) is 0 Å². The van der Waals surface area contributed by atoms with Crippen LogP contribution in [0.2, 0.25) is 0 Å². The van der Waals surface area contributed by atoms with E-state index in [4.69, 9.17) is 17.9 Å². The summed E-state index contributed by atoms with van der Waals surface area (Å²) < 4.78 is 91.5. The lowest BCUT2D eigenvalue weighted by Crippen LogP contribution is -2.17. The zero-order valence-electron chi connectivity index (χ0n) is 36.6. The predicted octanol–water partition coefficient (Wildman–Crippen LogP) is 13.5. The van der Waals surface area contributed by atoms with Gasteiger partial charge in [0.1, 0.15) is 34.8 Å². The van der Waals surface area contributed by atoms with Gasteiger partial charge in [-0.15, -0.1) is 0 Å². The number of nitrogens with one attached hydrogen (secondary N) is 2. The van der Waals surface area contributed by atoms with Crippen molar-refractivity contribution in [3.05, 3.63) is 166 Å². The van der Waals surface area contributed by atoms with Gasteiger partial charge in [-0.2, -0.15) is 0 Å². The van der Waals surface area contributed by atoms with Crippen molar-refractivity contribution in [2.24, 2.45) is 0 Å². The molecule has 2 N–H and O–H groups in total. The Morgan fingerprint density at radius 2 is 0.875 bits per heavy atom. The molecular formula is C52H61F4N2O5P. The average Bonchev–Trinajstić information content (AvgIpc) is 4.04. The number of benzene rings is 4. The summed E-state index contributed by atoms with van der Waals surface area (Å²) >= 11 is 0. The highest BCUT2D eigenvalue weighted by molar-refractivity contribution is 7.33. The fraction of sp³-hybridized carbons (Fsp3) is 0.385. The highest BCUT2D eigenvalue weighted by Gasteiger charge is 2.15. The molecule has 0 aliphatic heterocycles. The van der Waals surface area contributed by atoms with E-state index in [0.29, 0.717) is 61.7 Å². The van der Waals surface area contributed by atoms with Crippen molar-refractivity contribution < 1.29 is 40.0 Å². The Morgan fingerprint density at radius 1 is 0.469 bits per heavy atom. The Morgan fingerprint density at radius 3 is 1.27 bits per heavy atom. The summed E-state index contributed by atoms with van der Waals surface area (Å²) in [6.45, 7) is 2.18. The maximum Gasteiger partial charge on any atom is 0.319 e. The van der Waals surface area contributed by atoms with Crippen molar-refractivity contribution in [3.8, 4) is 22.6 Å². The normalized spacial score (nSPS) is 11.6. The Labute approximate surface area is 375 Å². The molecule has 6 aromatic rings. The Kier molecular flexibility index (Phi) is 20.4. The smallest absolute Gasteiger partial charge is 0.319 e. The van der Waals surface area contributed by atoms with Crippen molar-refractivity contribution >= 4 is 8.25 Å². The molecule has 0 spiro atoms. The van der Waals surface area contributed by atoms with Crippen LogP contribution in [0.4, 0.5) is 17.6 Å². The molecule has 0 atom stereocenters. The molecule has 0 saturated heterocycles. The maximum atomic E-state index is 15.3. The standard InChI is InChI=1S/C52H61F4N2O5P/c53-45-23-19-39(20-24-45)13-5-1-3-7-15-41-35-49(55)43(33-47(41)51-17-9-29-60-51)37-57-27-11-31-62-64(59)63-32-12-28-58-38-44-34-48(52-18-10-30-61-52)42(36-50(44)56)16-8-4-2-6-14-40-21-25-46(54)26-22-40/h9-10,17-26,29-30,33-36,57-58,64H,1-8,11-16,27-28,31-32,37-38H2. The molecule has 7 nitrogen and oxygen atoms in total. The lowest BCUT2D eigenvalue weighted by atomic mass is 9.96. The number of rotatable bonds is 30. The number of unbranched alkanes of at least 4 members (excludes halogenated alkanes) is 6. The first-order valence-corrected chi connectivity index (χ1v) is 23.9. The van der Waals surface area contributed by atoms with E-state index in [0.717, 1.165) is 110 Å². The van der Waals surface area contributed by atoms with Gasteiger partial charge in [0.2, 0.25) is 0 Å². The first-order valence-electron chi connectivity index (χ1n) is 22.7. The summed E-state index contributed by atoms with van der Waals surface area (Å²) in [5, 5.41) is 6.52. The van der Waals surface area contributed by atoms with Gasteiger partial charge < -0.3 is 28.5 Å². The van der Waals surface area contributed by atoms with E-state index in [9.17, 15) is 13.3 Å². The molecule has 0 aliphatic rings. The molecule has 0 bridgehead atoms. The zero-order valence-corrected chi connectivity index (χ0v) is 37.6. The van der Waals surface area contributed by atoms with E-state index in [2.05, 4.69) is 10.6 Å². The van der Waals surface area contributed by atoms with Gasteiger partial charge in [0.25, 0.3) is 0 Å². The van der Waals surface area contributed by atoms with Crippen LogP contribution >= 0.6 is 8.25 Å². The van der Waals surface area contributed by atoms with Crippen molar-refractivity contribution in [2.75, 3.05) is 26.3 Å². The number of halogens is 4. The highest BCUT2D eigenvalue weighted by Crippen LogP contribution is 2.31. The second-order valence-corrected chi connectivity index (χ2v) is 17.3. The summed E-state index contributed by atoms with van der Waals surface area (Å²) in [5.74, 6) is 0.431. The predicted molar refractivity (Wildman–Crippen MR) is 246 cm³/mol. The van der Waals surface area contributed by atoms with Gasteiger partial charge in [0.15, 0.2) is 0 Å². The quantitative estimate of drug-likeness (QED) is 0.0265. The topological polar surface area (TPSA) is 85.9 Å². The Bertz CT molecular complexity index is 2110. The number of aryl methyl sites for hydroxylation is 4. The van der Waals surface area contributed by atoms with Gasteiger partial charge in [-0.05, 0) is 172 Å². The second kappa shape index (κ2) is 26.9. The van der Waals surface area contributed by atoms with Crippen molar-refractivity contribution in [1.29, 1.82) is 0 Å². The molecule has 0 saturated carbocycles. The fourth-order valence-electron chi connectivity index (χ4n) is 7.82. The summed E-state index contributed by atoms with van der Waals surface area (Å²) in [7, 11) is -2.68. The van der Waals surface area contributed by atoms with E-state index in [1.165, 1.54) is 24.3 Å². The van der Waals surface area contributed by atoms with Crippen molar-refractivity contribution in [1.82, 2.24) is 10.6 Å². The Balaban J connectivity index is 0.830. The van der Waals surface area contributed by atoms with Gasteiger partial charge >= 0.3 is 8.25 Å². The van der Waals surface area contributed by atoms with E-state index in [-0.39, 0.29) is 36.5 Å². The van der Waals surface area contributed by atoms with Gasteiger partial charge in [-0.1, -0.05) is 49.9 Å². The number of hydrogen-bond acceptors (Lipinski definition) is 7. The summed E-state index contributed by atoms with van der Waals surface area (Å²) in [6.07, 6.45) is 15.7. The fourth-order valence-corrected chi connectivity index (χ4v) is 8.52. The molecule has 0 aliphatic carbocycles. The molecule has 6 rings (SSSR count). The molecule has 2 heterocycles. The number of furan rings is 2. The first kappa shape index (κ1) is 48.7. The van der Waals surface area contributed by atoms with Crippen LogP contribution in [0.25, 0.3) is 22.6 Å². The minimum Gasteiger partial charge on any atom is -0.464 e. The third kappa shape index (κ3) is 16.3. The monoisotopic (exact) mass is 900 g/mol. The minimum absolute atomic E-state index is 0.220. The summed E-state index contributed by atoms with van der Waals surface area (Å²) in [6, 6.07) is 27.7. The molecular weight excluding hydrogens is 840 g/mol. The van der Waals surface area contributed by atoms with Crippen LogP contribution < -0.4 is 10.6 Å². The highest BCUT2D eigenvalue weighted by atomic mass is 31.1. The van der Waals surface area contributed by atoms with E-state index >= 15 is 8.78 Å². The second-order valence-electron chi connectivity index (χ2n) is 16.2. The third-order valence-electron chi connectivity index (χ3n) is 11.3. The first-order chi connectivity index (χ1) is 31.3. The van der Waals surface area contributed by atoms with E-state index in [1.54, 1.807) is 24.7 Å². The van der Waals surface area contributed by atoms with Gasteiger partial charge in [0, 0.05) is 35.3 Å². The molecule has 4 aromatic carbocycles. The summed E-state index contributed by atoms with van der Waals surface area (Å²) in [5.41, 5.74) is 6.95. The molecule has 342 valence electrons. The number of hydrogen-bond donors (Lipinski definition) is 2. The molecule has 0 fully saturated rings. The zero-order chi connectivity index (χ0) is 44.8. The van der Waals surface area contributed by atoms with Crippen LogP contribution in [-0.4, -0.2) is 26.3 Å². The summed E-state index contributed by atoms with van der Waals surface area (Å²) in [4.78, 5) is 0. The van der Waals surface area contributed by atoms with Crippen molar-refractivity contribution in [2.45, 2.75) is 103 Å².